The fourth-order valence-electron chi connectivity index (χ4n) is 4.07. The van der Waals surface area contributed by atoms with Crippen molar-refractivity contribution in [2.75, 3.05) is 51.2 Å². The summed E-state index contributed by atoms with van der Waals surface area (Å²) in [4.78, 5) is 19.3. The number of hydrogen-bond acceptors (Lipinski definition) is 3. The smallest absolute Gasteiger partial charge is 0.222 e. The molecule has 2 saturated heterocycles. The van der Waals surface area contributed by atoms with Gasteiger partial charge in [0.1, 0.15) is 5.82 Å². The van der Waals surface area contributed by atoms with Crippen molar-refractivity contribution < 1.29 is 9.18 Å². The van der Waals surface area contributed by atoms with Crippen molar-refractivity contribution in [2.24, 2.45) is 5.92 Å². The van der Waals surface area contributed by atoms with Gasteiger partial charge < -0.3 is 14.7 Å². The number of nitrogens with zero attached hydrogens (tertiary/aromatic N) is 3. The maximum Gasteiger partial charge on any atom is 0.222 e. The molecule has 138 valence electrons. The van der Waals surface area contributed by atoms with Crippen LogP contribution in [-0.2, 0) is 4.79 Å². The van der Waals surface area contributed by atoms with Gasteiger partial charge in [-0.25, -0.2) is 4.39 Å². The predicted octanol–water partition coefficient (Wildman–Crippen LogP) is 2.99. The van der Waals surface area contributed by atoms with E-state index >= 15 is 0 Å². The molecule has 0 saturated carbocycles. The zero-order valence-electron chi connectivity index (χ0n) is 15.3. The Morgan fingerprint density at radius 1 is 1.08 bits per heavy atom. The number of carbonyl (C=O) groups is 1. The van der Waals surface area contributed by atoms with Gasteiger partial charge in [0.15, 0.2) is 0 Å². The van der Waals surface area contributed by atoms with Crippen LogP contribution in [-0.4, -0.2) is 62.0 Å². The molecule has 2 fully saturated rings. The first-order chi connectivity index (χ1) is 12.1. The third-order valence-electron chi connectivity index (χ3n) is 5.53. The molecule has 0 unspecified atom stereocenters. The van der Waals surface area contributed by atoms with Crippen LogP contribution in [0.3, 0.4) is 0 Å². The molecule has 2 aliphatic rings. The van der Waals surface area contributed by atoms with Crippen LogP contribution in [0.1, 0.15) is 32.1 Å². The molecule has 1 aromatic rings. The lowest BCUT2D eigenvalue weighted by molar-refractivity contribution is -0.131. The van der Waals surface area contributed by atoms with Crippen molar-refractivity contribution in [2.45, 2.75) is 32.1 Å². The van der Waals surface area contributed by atoms with Crippen LogP contribution in [0.5, 0.6) is 0 Å². The van der Waals surface area contributed by atoms with Crippen molar-refractivity contribution in [3.05, 3.63) is 30.1 Å². The van der Waals surface area contributed by atoms with Crippen molar-refractivity contribution >= 4 is 11.6 Å². The topological polar surface area (TPSA) is 26.8 Å². The van der Waals surface area contributed by atoms with E-state index in [1.807, 2.05) is 17.0 Å². The lowest BCUT2D eigenvalue weighted by atomic mass is 9.93. The molecule has 0 bridgehead atoms. The molecule has 4 nitrogen and oxygen atoms in total. The number of carbonyl (C=O) groups excluding carboxylic acids is 1. The second-order valence-electron chi connectivity index (χ2n) is 7.51. The lowest BCUT2D eigenvalue weighted by Gasteiger charge is -2.30. The number of rotatable bonds is 4. The van der Waals surface area contributed by atoms with Gasteiger partial charge in [0.05, 0.1) is 0 Å². The lowest BCUT2D eigenvalue weighted by Crippen LogP contribution is -2.36. The Balaban J connectivity index is 1.47. The van der Waals surface area contributed by atoms with E-state index in [1.165, 1.54) is 31.5 Å². The molecular weight excluding hydrogens is 317 g/mol. The Morgan fingerprint density at radius 3 is 2.64 bits per heavy atom. The molecule has 1 amide bonds. The largest absolute Gasteiger partial charge is 0.370 e. The maximum atomic E-state index is 13.1. The second kappa shape index (κ2) is 8.65. The fraction of sp³-hybridized carbons (Fsp3) is 0.650. The highest BCUT2D eigenvalue weighted by atomic mass is 19.1. The van der Waals surface area contributed by atoms with Gasteiger partial charge in [0, 0.05) is 44.8 Å². The molecule has 0 radical (unpaired) electrons. The van der Waals surface area contributed by atoms with Crippen LogP contribution in [0.2, 0.25) is 0 Å². The van der Waals surface area contributed by atoms with Crippen LogP contribution < -0.4 is 4.90 Å². The third-order valence-corrected chi connectivity index (χ3v) is 5.53. The Kier molecular flexibility index (Phi) is 6.29. The van der Waals surface area contributed by atoms with Gasteiger partial charge in [-0.3, -0.25) is 4.79 Å². The van der Waals surface area contributed by atoms with E-state index in [1.54, 1.807) is 0 Å². The summed E-state index contributed by atoms with van der Waals surface area (Å²) >= 11 is 0. The number of anilines is 1. The normalized spacial score (nSPS) is 22.7. The van der Waals surface area contributed by atoms with Gasteiger partial charge in [-0.15, -0.1) is 0 Å². The number of piperidine rings is 1. The van der Waals surface area contributed by atoms with E-state index in [2.05, 4.69) is 16.8 Å². The van der Waals surface area contributed by atoms with Crippen molar-refractivity contribution in [3.8, 4) is 0 Å². The van der Waals surface area contributed by atoms with Gasteiger partial charge in [-0.05, 0) is 69.5 Å². The van der Waals surface area contributed by atoms with E-state index < -0.39 is 0 Å². The first-order valence-electron chi connectivity index (χ1n) is 9.58. The summed E-state index contributed by atoms with van der Waals surface area (Å²) < 4.78 is 13.1. The quantitative estimate of drug-likeness (QED) is 0.838. The molecule has 0 aromatic heterocycles. The molecule has 0 aliphatic carbocycles. The van der Waals surface area contributed by atoms with E-state index in [0.29, 0.717) is 18.2 Å². The minimum absolute atomic E-state index is 0.205. The van der Waals surface area contributed by atoms with E-state index in [9.17, 15) is 9.18 Å². The molecule has 25 heavy (non-hydrogen) atoms. The van der Waals surface area contributed by atoms with Gasteiger partial charge in [-0.1, -0.05) is 0 Å². The highest BCUT2D eigenvalue weighted by Gasteiger charge is 2.22. The van der Waals surface area contributed by atoms with E-state index in [0.717, 1.165) is 51.3 Å². The second-order valence-corrected chi connectivity index (χ2v) is 7.51. The number of amides is 1. The minimum Gasteiger partial charge on any atom is -0.370 e. The first kappa shape index (κ1) is 18.2. The van der Waals surface area contributed by atoms with Gasteiger partial charge in [0.2, 0.25) is 5.91 Å². The standard InChI is InChI=1S/C20H30FN3O/c1-22-11-2-4-17(16-22)5-10-20(25)24-13-3-12-23(14-15-24)19-8-6-18(21)7-9-19/h6-9,17H,2-5,10-16H2,1H3/t17-/m0/s1. The third kappa shape index (κ3) is 5.18. The summed E-state index contributed by atoms with van der Waals surface area (Å²) in [5, 5.41) is 0. The zero-order valence-corrected chi connectivity index (χ0v) is 15.3. The van der Waals surface area contributed by atoms with Crippen LogP contribution in [0.15, 0.2) is 24.3 Å². The Labute approximate surface area is 150 Å². The fourth-order valence-corrected chi connectivity index (χ4v) is 4.07. The van der Waals surface area contributed by atoms with Crippen molar-refractivity contribution in [1.82, 2.24) is 9.80 Å². The number of halogens is 1. The van der Waals surface area contributed by atoms with E-state index in [4.69, 9.17) is 0 Å². The van der Waals surface area contributed by atoms with Crippen LogP contribution in [0, 0.1) is 11.7 Å². The van der Waals surface area contributed by atoms with Crippen LogP contribution >= 0.6 is 0 Å². The maximum absolute atomic E-state index is 13.1. The van der Waals surface area contributed by atoms with Gasteiger partial charge in [-0.2, -0.15) is 0 Å². The molecule has 2 aliphatic heterocycles. The molecule has 3 rings (SSSR count). The summed E-state index contributed by atoms with van der Waals surface area (Å²) in [6.07, 6.45) is 5.17. The van der Waals surface area contributed by atoms with Crippen LogP contribution in [0.25, 0.3) is 0 Å². The monoisotopic (exact) mass is 347 g/mol. The van der Waals surface area contributed by atoms with Crippen LogP contribution in [0.4, 0.5) is 10.1 Å². The Hall–Kier alpha value is -1.62. The molecule has 5 heteroatoms. The molecular formula is C20H30FN3O. The summed E-state index contributed by atoms with van der Waals surface area (Å²) in [5.41, 5.74) is 1.04. The average molecular weight is 347 g/mol. The highest BCUT2D eigenvalue weighted by molar-refractivity contribution is 5.76. The highest BCUT2D eigenvalue weighted by Crippen LogP contribution is 2.21. The molecule has 1 aromatic carbocycles. The molecule has 2 heterocycles. The summed E-state index contributed by atoms with van der Waals surface area (Å²) in [6.45, 7) is 5.66. The summed E-state index contributed by atoms with van der Waals surface area (Å²) in [7, 11) is 2.17. The Morgan fingerprint density at radius 2 is 1.88 bits per heavy atom. The summed E-state index contributed by atoms with van der Waals surface area (Å²) in [6, 6.07) is 6.66. The van der Waals surface area contributed by atoms with Crippen molar-refractivity contribution in [1.29, 1.82) is 0 Å². The first-order valence-corrected chi connectivity index (χ1v) is 9.58. The van der Waals surface area contributed by atoms with Gasteiger partial charge in [0.25, 0.3) is 0 Å². The SMILES string of the molecule is CN1CCC[C@@H](CCC(=O)N2CCCN(c3ccc(F)cc3)CC2)C1. The number of likely N-dealkylation sites (tertiary alicyclic amines) is 1. The number of hydrogen-bond donors (Lipinski definition) is 0. The molecule has 0 N–H and O–H groups in total. The van der Waals surface area contributed by atoms with E-state index in [-0.39, 0.29) is 5.82 Å². The average Bonchev–Trinajstić information content (AvgIpc) is 2.87. The molecule has 0 spiro atoms. The summed E-state index contributed by atoms with van der Waals surface area (Å²) in [5.74, 6) is 0.767. The van der Waals surface area contributed by atoms with Gasteiger partial charge >= 0.3 is 0 Å². The zero-order chi connectivity index (χ0) is 17.6. The Bertz CT molecular complexity index is 563. The minimum atomic E-state index is -0.205. The van der Waals surface area contributed by atoms with Crippen molar-refractivity contribution in [3.63, 3.8) is 0 Å². The number of benzene rings is 1. The molecule has 1 atom stereocenters. The predicted molar refractivity (Wildman–Crippen MR) is 99.3 cm³/mol.